The van der Waals surface area contributed by atoms with Crippen molar-refractivity contribution in [2.45, 2.75) is 84.5 Å². The molecule has 2 nitrogen and oxygen atoms in total. The maximum atomic E-state index is 11.8. The molecular weight excluding hydrogens is 296 g/mol. The Morgan fingerprint density at radius 2 is 1.88 bits per heavy atom. The summed E-state index contributed by atoms with van der Waals surface area (Å²) in [6, 6.07) is 6.05. The van der Waals surface area contributed by atoms with E-state index in [1.807, 2.05) is 12.1 Å². The Bertz CT molecular complexity index is 623. The lowest BCUT2D eigenvalue weighted by molar-refractivity contribution is -0.118. The number of benzene rings is 1. The van der Waals surface area contributed by atoms with Crippen molar-refractivity contribution in [1.29, 1.82) is 0 Å². The van der Waals surface area contributed by atoms with Crippen LogP contribution in [0.15, 0.2) is 23.8 Å². The Kier molecular flexibility index (Phi) is 6.26. The quantitative estimate of drug-likeness (QED) is 0.608. The molecule has 0 aliphatic heterocycles. The molecule has 0 saturated carbocycles. The molecule has 0 heterocycles. The van der Waals surface area contributed by atoms with E-state index in [4.69, 9.17) is 0 Å². The van der Waals surface area contributed by atoms with Crippen molar-refractivity contribution in [1.82, 2.24) is 0 Å². The first-order valence-electron chi connectivity index (χ1n) is 9.39. The maximum absolute atomic E-state index is 11.8. The van der Waals surface area contributed by atoms with Gasteiger partial charge >= 0.3 is 0 Å². The number of Topliss-reactive ketones (excluding diaryl/α,β-unsaturated/α-hetero) is 1. The van der Waals surface area contributed by atoms with E-state index in [0.29, 0.717) is 18.6 Å². The molecule has 2 rings (SSSR count). The van der Waals surface area contributed by atoms with Crippen LogP contribution in [0.3, 0.4) is 0 Å². The lowest BCUT2D eigenvalue weighted by Gasteiger charge is -2.27. The number of rotatable bonds is 7. The first-order valence-corrected chi connectivity index (χ1v) is 9.39. The van der Waals surface area contributed by atoms with Gasteiger partial charge < -0.3 is 5.11 Å². The van der Waals surface area contributed by atoms with Gasteiger partial charge in [0.05, 0.1) is 0 Å². The molecule has 0 amide bonds. The van der Waals surface area contributed by atoms with Crippen LogP contribution < -0.4 is 0 Å². The number of phenols is 1. The topological polar surface area (TPSA) is 37.3 Å². The molecular formula is C22H32O2. The molecule has 1 aromatic carbocycles. The summed E-state index contributed by atoms with van der Waals surface area (Å²) < 4.78 is 0. The van der Waals surface area contributed by atoms with Gasteiger partial charge in [-0.2, -0.15) is 0 Å². The van der Waals surface area contributed by atoms with Crippen molar-refractivity contribution in [3.8, 4) is 5.75 Å². The van der Waals surface area contributed by atoms with Gasteiger partial charge in [-0.25, -0.2) is 0 Å². The molecule has 0 spiro atoms. The molecule has 2 heteroatoms. The fourth-order valence-electron chi connectivity index (χ4n) is 3.59. The predicted octanol–water partition coefficient (Wildman–Crippen LogP) is 6.17. The molecule has 1 aliphatic rings. The van der Waals surface area contributed by atoms with Gasteiger partial charge in [-0.3, -0.25) is 4.79 Å². The van der Waals surface area contributed by atoms with Gasteiger partial charge in [0.25, 0.3) is 0 Å². The zero-order chi connectivity index (χ0) is 17.7. The summed E-state index contributed by atoms with van der Waals surface area (Å²) in [4.78, 5) is 11.8. The molecule has 24 heavy (non-hydrogen) atoms. The molecule has 132 valence electrons. The van der Waals surface area contributed by atoms with Gasteiger partial charge in [0.2, 0.25) is 0 Å². The van der Waals surface area contributed by atoms with E-state index >= 15 is 0 Å². The van der Waals surface area contributed by atoms with Crippen LogP contribution in [0.5, 0.6) is 5.75 Å². The fraction of sp³-hybridized carbons (Fsp3) is 0.591. The standard InChI is InChI=1S/C22H32O2/c1-5-6-7-8-13-22(3,4)17-10-12-19(21(24)14-17)20-15-18(23)11-9-16(20)2/h10,12,14,24H,5-9,11,13,15H2,1-4H3. The summed E-state index contributed by atoms with van der Waals surface area (Å²) in [5.74, 6) is 0.591. The Balaban J connectivity index is 2.18. The molecule has 0 atom stereocenters. The first kappa shape index (κ1) is 18.8. The molecule has 0 saturated heterocycles. The second kappa shape index (κ2) is 8.00. The predicted molar refractivity (Wildman–Crippen MR) is 101 cm³/mol. The Morgan fingerprint density at radius 3 is 2.54 bits per heavy atom. The minimum absolute atomic E-state index is 0.0650. The molecule has 0 aromatic heterocycles. The third kappa shape index (κ3) is 4.49. The highest BCUT2D eigenvalue weighted by molar-refractivity contribution is 5.94. The number of carbonyl (C=O) groups excluding carboxylic acids is 1. The number of allylic oxidation sites excluding steroid dienone is 2. The third-order valence-electron chi connectivity index (χ3n) is 5.43. The average Bonchev–Trinajstić information content (AvgIpc) is 2.54. The fourth-order valence-corrected chi connectivity index (χ4v) is 3.59. The zero-order valence-corrected chi connectivity index (χ0v) is 15.7. The summed E-state index contributed by atoms with van der Waals surface area (Å²) in [5.41, 5.74) is 4.34. The molecule has 0 bridgehead atoms. The second-order valence-corrected chi connectivity index (χ2v) is 7.90. The molecule has 1 N–H and O–H groups in total. The van der Waals surface area contributed by atoms with Crippen LogP contribution in [0.25, 0.3) is 5.57 Å². The number of ketones is 1. The average molecular weight is 328 g/mol. The van der Waals surface area contributed by atoms with Crippen molar-refractivity contribution in [3.05, 3.63) is 34.9 Å². The summed E-state index contributed by atoms with van der Waals surface area (Å²) in [6.45, 7) is 8.81. The van der Waals surface area contributed by atoms with E-state index in [9.17, 15) is 9.90 Å². The Hall–Kier alpha value is -1.57. The van der Waals surface area contributed by atoms with E-state index in [2.05, 4.69) is 33.8 Å². The SMILES string of the molecule is CCCCCCC(C)(C)c1ccc(C2=C(C)CCC(=O)C2)c(O)c1. The number of aromatic hydroxyl groups is 1. The number of carbonyl (C=O) groups is 1. The van der Waals surface area contributed by atoms with Gasteiger partial charge in [0.1, 0.15) is 11.5 Å². The minimum Gasteiger partial charge on any atom is -0.507 e. The third-order valence-corrected chi connectivity index (χ3v) is 5.43. The lowest BCUT2D eigenvalue weighted by atomic mass is 9.78. The van der Waals surface area contributed by atoms with Gasteiger partial charge in [0, 0.05) is 18.4 Å². The molecule has 0 unspecified atom stereocenters. The van der Waals surface area contributed by atoms with Crippen LogP contribution in [0.2, 0.25) is 0 Å². The van der Waals surface area contributed by atoms with E-state index in [1.165, 1.54) is 36.8 Å². The minimum atomic E-state index is 0.0650. The van der Waals surface area contributed by atoms with E-state index in [-0.39, 0.29) is 11.2 Å². The first-order chi connectivity index (χ1) is 11.3. The summed E-state index contributed by atoms with van der Waals surface area (Å²) in [7, 11) is 0. The molecule has 1 aliphatic carbocycles. The van der Waals surface area contributed by atoms with Crippen molar-refractivity contribution in [2.24, 2.45) is 0 Å². The normalized spacial score (nSPS) is 15.9. The number of hydrogen-bond acceptors (Lipinski definition) is 2. The van der Waals surface area contributed by atoms with Crippen molar-refractivity contribution in [3.63, 3.8) is 0 Å². The van der Waals surface area contributed by atoms with Crippen molar-refractivity contribution in [2.75, 3.05) is 0 Å². The molecule has 1 aromatic rings. The van der Waals surface area contributed by atoms with Crippen LogP contribution in [0, 0.1) is 0 Å². The molecule has 0 fully saturated rings. The monoisotopic (exact) mass is 328 g/mol. The van der Waals surface area contributed by atoms with E-state index in [0.717, 1.165) is 24.0 Å². The number of unbranched alkanes of at least 4 members (excludes halogenated alkanes) is 3. The highest BCUT2D eigenvalue weighted by Gasteiger charge is 2.23. The van der Waals surface area contributed by atoms with Crippen LogP contribution in [-0.4, -0.2) is 10.9 Å². The van der Waals surface area contributed by atoms with Gasteiger partial charge in [-0.05, 0) is 42.4 Å². The molecule has 0 radical (unpaired) electrons. The van der Waals surface area contributed by atoms with Crippen LogP contribution in [-0.2, 0) is 10.2 Å². The summed E-state index contributed by atoms with van der Waals surface area (Å²) >= 11 is 0. The largest absolute Gasteiger partial charge is 0.507 e. The van der Waals surface area contributed by atoms with Crippen molar-refractivity contribution < 1.29 is 9.90 Å². The highest BCUT2D eigenvalue weighted by atomic mass is 16.3. The lowest BCUT2D eigenvalue weighted by Crippen LogP contribution is -2.17. The van der Waals surface area contributed by atoms with Crippen LogP contribution in [0.1, 0.15) is 90.2 Å². The van der Waals surface area contributed by atoms with Gasteiger partial charge in [-0.15, -0.1) is 0 Å². The summed E-state index contributed by atoms with van der Waals surface area (Å²) in [5, 5.41) is 10.6. The smallest absolute Gasteiger partial charge is 0.137 e. The second-order valence-electron chi connectivity index (χ2n) is 7.90. The highest BCUT2D eigenvalue weighted by Crippen LogP contribution is 2.38. The van der Waals surface area contributed by atoms with Gasteiger partial charge in [-0.1, -0.05) is 64.2 Å². The Labute approximate surface area is 147 Å². The number of hydrogen-bond donors (Lipinski definition) is 1. The van der Waals surface area contributed by atoms with E-state index in [1.54, 1.807) is 0 Å². The van der Waals surface area contributed by atoms with E-state index < -0.39 is 0 Å². The zero-order valence-electron chi connectivity index (χ0n) is 15.7. The van der Waals surface area contributed by atoms with Crippen molar-refractivity contribution >= 4 is 11.4 Å². The summed E-state index contributed by atoms with van der Waals surface area (Å²) in [6.07, 6.45) is 8.09. The van der Waals surface area contributed by atoms with Crippen LogP contribution in [0.4, 0.5) is 0 Å². The van der Waals surface area contributed by atoms with Crippen LogP contribution >= 0.6 is 0 Å². The number of phenolic OH excluding ortho intramolecular Hbond substituents is 1. The van der Waals surface area contributed by atoms with Gasteiger partial charge in [0.15, 0.2) is 0 Å². The Morgan fingerprint density at radius 1 is 1.12 bits per heavy atom. The maximum Gasteiger partial charge on any atom is 0.137 e.